The van der Waals surface area contributed by atoms with Gasteiger partial charge in [0.05, 0.1) is 24.7 Å². The van der Waals surface area contributed by atoms with E-state index in [0.717, 1.165) is 49.0 Å². The SMILES string of the molecule is CCOCCN(CC)Cc1nc(NC)c2cnn(C)c2n1. The van der Waals surface area contributed by atoms with Gasteiger partial charge in [-0.3, -0.25) is 9.58 Å². The molecule has 0 saturated carbocycles. The Labute approximate surface area is 125 Å². The second-order valence-electron chi connectivity index (χ2n) is 4.81. The highest BCUT2D eigenvalue weighted by Crippen LogP contribution is 2.19. The highest BCUT2D eigenvalue weighted by atomic mass is 16.5. The van der Waals surface area contributed by atoms with E-state index in [2.05, 4.69) is 32.2 Å². The highest BCUT2D eigenvalue weighted by molar-refractivity contribution is 5.86. The van der Waals surface area contributed by atoms with Crippen LogP contribution in [0.4, 0.5) is 5.82 Å². The van der Waals surface area contributed by atoms with Crippen molar-refractivity contribution in [2.24, 2.45) is 7.05 Å². The minimum atomic E-state index is 0.708. The Morgan fingerprint density at radius 3 is 2.81 bits per heavy atom. The number of aryl methyl sites for hydroxylation is 1. The summed E-state index contributed by atoms with van der Waals surface area (Å²) in [5.41, 5.74) is 0.852. The van der Waals surface area contributed by atoms with Crippen molar-refractivity contribution in [3.63, 3.8) is 0 Å². The van der Waals surface area contributed by atoms with Gasteiger partial charge >= 0.3 is 0 Å². The summed E-state index contributed by atoms with van der Waals surface area (Å²) in [4.78, 5) is 11.5. The summed E-state index contributed by atoms with van der Waals surface area (Å²) in [5.74, 6) is 1.62. The highest BCUT2D eigenvalue weighted by Gasteiger charge is 2.12. The van der Waals surface area contributed by atoms with Gasteiger partial charge in [0.2, 0.25) is 0 Å². The zero-order valence-electron chi connectivity index (χ0n) is 13.3. The molecule has 21 heavy (non-hydrogen) atoms. The largest absolute Gasteiger partial charge is 0.380 e. The van der Waals surface area contributed by atoms with Gasteiger partial charge in [-0.05, 0) is 13.5 Å². The van der Waals surface area contributed by atoms with E-state index >= 15 is 0 Å². The van der Waals surface area contributed by atoms with Crippen LogP contribution in [-0.4, -0.2) is 58.0 Å². The Morgan fingerprint density at radius 1 is 1.33 bits per heavy atom. The van der Waals surface area contributed by atoms with Gasteiger partial charge in [-0.2, -0.15) is 5.10 Å². The van der Waals surface area contributed by atoms with E-state index in [-0.39, 0.29) is 0 Å². The first-order valence-corrected chi connectivity index (χ1v) is 7.36. The van der Waals surface area contributed by atoms with Gasteiger partial charge in [0.25, 0.3) is 0 Å². The van der Waals surface area contributed by atoms with Crippen molar-refractivity contribution in [1.29, 1.82) is 0 Å². The standard InChI is InChI=1S/C14H24N6O/c1-5-20(7-8-21-6-2)10-12-17-13(15-3)11-9-16-19(4)14(11)18-12/h9H,5-8,10H2,1-4H3,(H,15,17,18). The number of nitrogens with one attached hydrogen (secondary N) is 1. The monoisotopic (exact) mass is 292 g/mol. The molecule has 0 aliphatic heterocycles. The predicted octanol–water partition coefficient (Wildman–Crippen LogP) is 1.26. The molecule has 0 atom stereocenters. The lowest BCUT2D eigenvalue weighted by atomic mass is 10.3. The fourth-order valence-corrected chi connectivity index (χ4v) is 2.22. The average Bonchev–Trinajstić information content (AvgIpc) is 2.87. The summed E-state index contributed by atoms with van der Waals surface area (Å²) in [6.07, 6.45) is 1.79. The lowest BCUT2D eigenvalue weighted by Crippen LogP contribution is -2.28. The minimum absolute atomic E-state index is 0.708. The molecule has 0 unspecified atom stereocenters. The molecular formula is C14H24N6O. The number of fused-ring (bicyclic) bond motifs is 1. The number of nitrogens with zero attached hydrogens (tertiary/aromatic N) is 5. The molecule has 2 aromatic heterocycles. The predicted molar refractivity (Wildman–Crippen MR) is 83.3 cm³/mol. The first-order chi connectivity index (χ1) is 10.2. The summed E-state index contributed by atoms with van der Waals surface area (Å²) >= 11 is 0. The normalized spacial score (nSPS) is 11.5. The average molecular weight is 292 g/mol. The number of aromatic nitrogens is 4. The van der Waals surface area contributed by atoms with Crippen molar-refractivity contribution >= 4 is 16.9 Å². The van der Waals surface area contributed by atoms with Crippen LogP contribution in [0.25, 0.3) is 11.0 Å². The number of likely N-dealkylation sites (N-methyl/N-ethyl adjacent to an activating group) is 1. The number of anilines is 1. The number of ether oxygens (including phenoxy) is 1. The van der Waals surface area contributed by atoms with Crippen molar-refractivity contribution < 1.29 is 4.74 Å². The lowest BCUT2D eigenvalue weighted by Gasteiger charge is -2.19. The van der Waals surface area contributed by atoms with Gasteiger partial charge in [0, 0.05) is 27.2 Å². The van der Waals surface area contributed by atoms with Gasteiger partial charge in [-0.1, -0.05) is 6.92 Å². The van der Waals surface area contributed by atoms with E-state index in [1.165, 1.54) is 0 Å². The van der Waals surface area contributed by atoms with Crippen LogP contribution in [0.5, 0.6) is 0 Å². The molecule has 0 fully saturated rings. The number of rotatable bonds is 8. The van der Waals surface area contributed by atoms with Gasteiger partial charge < -0.3 is 10.1 Å². The Hall–Kier alpha value is -1.73. The molecule has 7 nitrogen and oxygen atoms in total. The first kappa shape index (κ1) is 15.7. The Balaban J connectivity index is 2.18. The van der Waals surface area contributed by atoms with Crippen LogP contribution in [0.2, 0.25) is 0 Å². The smallest absolute Gasteiger partial charge is 0.163 e. The summed E-state index contributed by atoms with van der Waals surface area (Å²) in [7, 11) is 3.76. The molecule has 1 N–H and O–H groups in total. The Morgan fingerprint density at radius 2 is 2.14 bits per heavy atom. The molecule has 7 heteroatoms. The van der Waals surface area contributed by atoms with Crippen molar-refractivity contribution in [1.82, 2.24) is 24.6 Å². The molecule has 2 heterocycles. The van der Waals surface area contributed by atoms with Crippen molar-refractivity contribution in [3.05, 3.63) is 12.0 Å². The molecular weight excluding hydrogens is 268 g/mol. The third-order valence-electron chi connectivity index (χ3n) is 3.44. The third-order valence-corrected chi connectivity index (χ3v) is 3.44. The lowest BCUT2D eigenvalue weighted by molar-refractivity contribution is 0.112. The summed E-state index contributed by atoms with van der Waals surface area (Å²) in [6, 6.07) is 0. The Kier molecular flexibility index (Phi) is 5.46. The van der Waals surface area contributed by atoms with Crippen LogP contribution in [0.1, 0.15) is 19.7 Å². The minimum Gasteiger partial charge on any atom is -0.380 e. The topological polar surface area (TPSA) is 68.1 Å². The summed E-state index contributed by atoms with van der Waals surface area (Å²) < 4.78 is 7.19. The number of hydrogen-bond donors (Lipinski definition) is 1. The van der Waals surface area contributed by atoms with Gasteiger partial charge in [0.1, 0.15) is 11.6 Å². The van der Waals surface area contributed by atoms with Crippen LogP contribution in [0.15, 0.2) is 6.20 Å². The maximum atomic E-state index is 5.42. The van der Waals surface area contributed by atoms with Gasteiger partial charge in [0.15, 0.2) is 5.65 Å². The molecule has 0 bridgehead atoms. The van der Waals surface area contributed by atoms with Gasteiger partial charge in [-0.15, -0.1) is 0 Å². The van der Waals surface area contributed by atoms with Crippen LogP contribution in [0.3, 0.4) is 0 Å². The van der Waals surface area contributed by atoms with Crippen molar-refractivity contribution in [2.75, 3.05) is 38.7 Å². The van der Waals surface area contributed by atoms with E-state index < -0.39 is 0 Å². The molecule has 0 aliphatic rings. The van der Waals surface area contributed by atoms with E-state index in [9.17, 15) is 0 Å². The second kappa shape index (κ2) is 7.33. The molecule has 116 valence electrons. The van der Waals surface area contributed by atoms with Crippen LogP contribution < -0.4 is 5.32 Å². The molecule has 0 radical (unpaired) electrons. The zero-order valence-corrected chi connectivity index (χ0v) is 13.3. The van der Waals surface area contributed by atoms with Crippen LogP contribution in [0, 0.1) is 0 Å². The van der Waals surface area contributed by atoms with E-state index in [1.807, 2.05) is 21.0 Å². The van der Waals surface area contributed by atoms with E-state index in [1.54, 1.807) is 10.9 Å². The third kappa shape index (κ3) is 3.68. The fourth-order valence-electron chi connectivity index (χ4n) is 2.22. The van der Waals surface area contributed by atoms with E-state index in [4.69, 9.17) is 4.74 Å². The molecule has 0 amide bonds. The summed E-state index contributed by atoms with van der Waals surface area (Å²) in [5, 5.41) is 8.31. The van der Waals surface area contributed by atoms with Crippen LogP contribution >= 0.6 is 0 Å². The second-order valence-corrected chi connectivity index (χ2v) is 4.81. The molecule has 0 saturated heterocycles. The molecule has 0 spiro atoms. The van der Waals surface area contributed by atoms with Crippen molar-refractivity contribution in [2.45, 2.75) is 20.4 Å². The van der Waals surface area contributed by atoms with Gasteiger partial charge in [-0.25, -0.2) is 9.97 Å². The molecule has 0 aliphatic carbocycles. The number of hydrogen-bond acceptors (Lipinski definition) is 6. The first-order valence-electron chi connectivity index (χ1n) is 7.36. The van der Waals surface area contributed by atoms with E-state index in [0.29, 0.717) is 6.54 Å². The molecule has 2 aromatic rings. The Bertz CT molecular complexity index is 582. The maximum Gasteiger partial charge on any atom is 0.163 e. The zero-order chi connectivity index (χ0) is 15.2. The molecule has 2 rings (SSSR count). The summed E-state index contributed by atoms with van der Waals surface area (Å²) in [6.45, 7) is 8.15. The van der Waals surface area contributed by atoms with Crippen LogP contribution in [-0.2, 0) is 18.3 Å². The maximum absolute atomic E-state index is 5.42. The quantitative estimate of drug-likeness (QED) is 0.739. The van der Waals surface area contributed by atoms with Crippen molar-refractivity contribution in [3.8, 4) is 0 Å². The fraction of sp³-hybridized carbons (Fsp3) is 0.643. The molecule has 0 aromatic carbocycles.